The molecule has 3 N–H and O–H groups in total. The van der Waals surface area contributed by atoms with Crippen molar-refractivity contribution in [2.45, 2.75) is 12.9 Å². The summed E-state index contributed by atoms with van der Waals surface area (Å²) in [6, 6.07) is 47.0. The van der Waals surface area contributed by atoms with Crippen molar-refractivity contribution in [1.82, 2.24) is 0 Å². The van der Waals surface area contributed by atoms with Crippen molar-refractivity contribution < 1.29 is 79.0 Å². The molecule has 0 amide bonds. The molecule has 9 aromatic carbocycles. The summed E-state index contributed by atoms with van der Waals surface area (Å²) in [7, 11) is -2.56. The van der Waals surface area contributed by atoms with Crippen LogP contribution in [0.2, 0.25) is 0 Å². The Morgan fingerprint density at radius 1 is 0.354 bits per heavy atom. The molecular weight excluding hydrogens is 1040 g/mol. The van der Waals surface area contributed by atoms with E-state index < -0.39 is 28.1 Å². The third-order valence-corrected chi connectivity index (χ3v) is 15.1. The van der Waals surface area contributed by atoms with Gasteiger partial charge in [0.05, 0.1) is 14.2 Å². The van der Waals surface area contributed by atoms with Gasteiger partial charge < -0.3 is 57.4 Å². The molecule has 0 saturated heterocycles. The van der Waals surface area contributed by atoms with E-state index in [1.165, 1.54) is 18.2 Å². The molecule has 6 heterocycles. The standard InChI is InChI=1S/C20H15BO4.C19H10BF3O6S.C18H11BO4.CH4/c1-22-12-6-3-8-14-18(12)21-19-13(23-2)7-4-9-15(19)25-17-11-5-10-16(24-14)20(17)21;21-19(22,23)30(25,26)29-15-9-3-8-14-18(15)20-16-10(24)4-1-5-11(16)27-12-6-2-7-13(28-14)17(12)20;20-10-4-1-6-12-16(10)19-17-11(21)5-2-7-13(17)23-15-9-3-8-14(22-12)18(15)19;/h3-11H,1-2H3;1-9,24H;1-9,20-21H;1H4. The number of alkyl halides is 3. The van der Waals surface area contributed by atoms with Crippen LogP contribution in [0.15, 0.2) is 164 Å². The van der Waals surface area contributed by atoms with Crippen LogP contribution in [0, 0.1) is 0 Å². The van der Waals surface area contributed by atoms with Crippen molar-refractivity contribution in [3.05, 3.63) is 164 Å². The van der Waals surface area contributed by atoms with E-state index in [9.17, 15) is 36.9 Å². The van der Waals surface area contributed by atoms with E-state index in [2.05, 4.69) is 4.18 Å². The first-order valence-corrected chi connectivity index (χ1v) is 25.5. The van der Waals surface area contributed by atoms with Gasteiger partial charge in [0.25, 0.3) is 20.1 Å². The lowest BCUT2D eigenvalue weighted by molar-refractivity contribution is -0.0499. The summed E-state index contributed by atoms with van der Waals surface area (Å²) < 4.78 is 114. The Kier molecular flexibility index (Phi) is 12.0. The smallest absolute Gasteiger partial charge is 0.508 e. The minimum absolute atomic E-state index is 0. The molecule has 6 aliphatic rings. The summed E-state index contributed by atoms with van der Waals surface area (Å²) in [5.74, 6) is 8.04. The molecule has 15 rings (SSSR count). The molecule has 0 unspecified atom stereocenters. The third-order valence-electron chi connectivity index (χ3n) is 14.1. The van der Waals surface area contributed by atoms with Crippen LogP contribution in [0.1, 0.15) is 7.43 Å². The molecule has 0 spiro atoms. The predicted octanol–water partition coefficient (Wildman–Crippen LogP) is 7.24. The molecule has 0 aromatic heterocycles. The van der Waals surface area contributed by atoms with Crippen LogP contribution in [0.4, 0.5) is 13.2 Å². The lowest BCUT2D eigenvalue weighted by Crippen LogP contribution is -2.58. The zero-order chi connectivity index (χ0) is 53.8. The summed E-state index contributed by atoms with van der Waals surface area (Å²) >= 11 is 0. The van der Waals surface area contributed by atoms with Gasteiger partial charge in [-0.05, 0) is 109 Å². The first-order valence-electron chi connectivity index (χ1n) is 24.1. The molecule has 6 aliphatic heterocycles. The van der Waals surface area contributed by atoms with Crippen LogP contribution in [-0.2, 0) is 10.1 Å². The highest BCUT2D eigenvalue weighted by molar-refractivity contribution is 7.88. The number of hydrogen-bond donors (Lipinski definition) is 3. The number of rotatable bonds is 4. The van der Waals surface area contributed by atoms with Gasteiger partial charge in [-0.3, -0.25) is 0 Å². The van der Waals surface area contributed by atoms with Gasteiger partial charge >= 0.3 is 15.6 Å². The Hall–Kier alpha value is -9.49. The van der Waals surface area contributed by atoms with E-state index in [1.807, 2.05) is 84.9 Å². The average Bonchev–Trinajstić information content (AvgIpc) is 3.05. The number of halogens is 3. The summed E-state index contributed by atoms with van der Waals surface area (Å²) in [6.45, 7) is -1.26. The molecule has 0 fully saturated rings. The van der Waals surface area contributed by atoms with E-state index in [4.69, 9.17) is 37.9 Å². The van der Waals surface area contributed by atoms with Crippen molar-refractivity contribution in [1.29, 1.82) is 0 Å². The number of benzene rings is 9. The third kappa shape index (κ3) is 8.01. The van der Waals surface area contributed by atoms with Crippen LogP contribution < -0.4 is 91.2 Å². The van der Waals surface area contributed by atoms with Gasteiger partial charge in [0, 0.05) is 49.2 Å². The fraction of sp³-hybridized carbons (Fsp3) is 0.0690. The van der Waals surface area contributed by atoms with Crippen LogP contribution in [0.5, 0.6) is 103 Å². The van der Waals surface area contributed by atoms with E-state index in [0.717, 1.165) is 62.4 Å². The van der Waals surface area contributed by atoms with Crippen LogP contribution in [0.3, 0.4) is 0 Å². The van der Waals surface area contributed by atoms with Gasteiger partial charge in [-0.15, -0.1) is 0 Å². The Morgan fingerprint density at radius 3 is 0.861 bits per heavy atom. The second-order valence-electron chi connectivity index (χ2n) is 18.4. The lowest BCUT2D eigenvalue weighted by atomic mass is 9.34. The molecule has 0 radical (unpaired) electrons. The first kappa shape index (κ1) is 50.3. The highest BCUT2D eigenvalue weighted by Gasteiger charge is 2.51. The van der Waals surface area contributed by atoms with Crippen molar-refractivity contribution in [2.24, 2.45) is 0 Å². The summed E-state index contributed by atoms with van der Waals surface area (Å²) in [5.41, 5.74) is 0.282. The Balaban J connectivity index is 0.000000119. The minimum atomic E-state index is -5.92. The summed E-state index contributed by atoms with van der Waals surface area (Å²) in [6.07, 6.45) is 0. The van der Waals surface area contributed by atoms with Crippen LogP contribution >= 0.6 is 0 Å². The number of aromatic hydroxyl groups is 3. The maximum atomic E-state index is 12.9. The SMILES string of the molecule is C.COc1cccc2c1B1c3c(OC)cccc3Oc3cccc(c31)O2.O=S(=O)(Oc1cccc2c1B1c3c(O)cccc3Oc3cccc(c31)O2)C(F)(F)F.Oc1cccc2c1B1c3c(O)cccc3Oc3cccc(c31)O2. The maximum Gasteiger partial charge on any atom is 0.534 e. The number of ether oxygens (including phenoxy) is 8. The van der Waals surface area contributed by atoms with Gasteiger partial charge in [0.15, 0.2) is 0 Å². The minimum Gasteiger partial charge on any atom is -0.508 e. The van der Waals surface area contributed by atoms with E-state index in [0.29, 0.717) is 50.9 Å². The van der Waals surface area contributed by atoms with Gasteiger partial charge in [0.1, 0.15) is 103 Å². The summed E-state index contributed by atoms with van der Waals surface area (Å²) in [5, 5.41) is 31.3. The second-order valence-corrected chi connectivity index (χ2v) is 19.9. The van der Waals surface area contributed by atoms with Crippen LogP contribution in [-0.4, -0.2) is 63.6 Å². The molecule has 0 aliphatic carbocycles. The second kappa shape index (κ2) is 18.9. The normalized spacial score (nSPS) is 13.3. The fourth-order valence-electron chi connectivity index (χ4n) is 11.0. The van der Waals surface area contributed by atoms with Gasteiger partial charge in [0.2, 0.25) is 0 Å². The quantitative estimate of drug-likeness (QED) is 0.0913. The average molecular weight is 1080 g/mol. The molecule has 79 heavy (non-hydrogen) atoms. The van der Waals surface area contributed by atoms with Gasteiger partial charge in [-0.2, -0.15) is 21.6 Å². The molecule has 21 heteroatoms. The maximum absolute atomic E-state index is 12.9. The largest absolute Gasteiger partial charge is 0.534 e. The molecule has 0 saturated carbocycles. The van der Waals surface area contributed by atoms with E-state index in [-0.39, 0.29) is 60.5 Å². The van der Waals surface area contributed by atoms with Gasteiger partial charge in [-0.1, -0.05) is 62.0 Å². The van der Waals surface area contributed by atoms with Crippen molar-refractivity contribution >= 4 is 79.4 Å². The molecule has 14 nitrogen and oxygen atoms in total. The van der Waals surface area contributed by atoms with E-state index >= 15 is 0 Å². The van der Waals surface area contributed by atoms with Crippen molar-refractivity contribution in [3.8, 4) is 103 Å². The highest BCUT2D eigenvalue weighted by Crippen LogP contribution is 2.42. The molecular formula is C58H40B3F3O14S. The monoisotopic (exact) mass is 1080 g/mol. The number of phenols is 3. The topological polar surface area (TPSA) is 178 Å². The molecule has 9 aromatic rings. The van der Waals surface area contributed by atoms with Gasteiger partial charge in [-0.25, -0.2) is 0 Å². The number of hydrogen-bond acceptors (Lipinski definition) is 14. The molecule has 0 bridgehead atoms. The lowest BCUT2D eigenvalue weighted by Gasteiger charge is -2.34. The zero-order valence-electron chi connectivity index (χ0n) is 40.7. The molecule has 392 valence electrons. The molecule has 0 atom stereocenters. The first-order chi connectivity index (χ1) is 37.7. The number of fused-ring (bicyclic) bond motifs is 12. The summed E-state index contributed by atoms with van der Waals surface area (Å²) in [4.78, 5) is 0. The van der Waals surface area contributed by atoms with E-state index in [1.54, 1.807) is 68.8 Å². The predicted molar refractivity (Wildman–Crippen MR) is 293 cm³/mol. The number of methoxy groups -OCH3 is 2. The fourth-order valence-corrected chi connectivity index (χ4v) is 11.5. The highest BCUT2D eigenvalue weighted by atomic mass is 32.2. The van der Waals surface area contributed by atoms with Crippen molar-refractivity contribution in [2.75, 3.05) is 14.2 Å². The van der Waals surface area contributed by atoms with Crippen molar-refractivity contribution in [3.63, 3.8) is 0 Å². The van der Waals surface area contributed by atoms with Crippen LogP contribution in [0.25, 0.3) is 0 Å². The Morgan fingerprint density at radius 2 is 0.570 bits per heavy atom. The number of phenolic OH excluding ortho intramolecular Hbond substituents is 3. The Bertz CT molecular complexity index is 3890. The Labute approximate surface area is 451 Å². The zero-order valence-corrected chi connectivity index (χ0v) is 41.5.